The van der Waals surface area contributed by atoms with Gasteiger partial charge in [-0.3, -0.25) is 4.79 Å². The molecule has 0 radical (unpaired) electrons. The lowest BCUT2D eigenvalue weighted by atomic mass is 9.86. The summed E-state index contributed by atoms with van der Waals surface area (Å²) < 4.78 is 5.49. The first-order valence-corrected chi connectivity index (χ1v) is 5.95. The summed E-state index contributed by atoms with van der Waals surface area (Å²) in [6, 6.07) is 8.44. The minimum absolute atomic E-state index is 0.0123. The van der Waals surface area contributed by atoms with Crippen molar-refractivity contribution in [3.05, 3.63) is 35.4 Å². The van der Waals surface area contributed by atoms with E-state index in [1.54, 1.807) is 0 Å². The topological polar surface area (TPSA) is 38.3 Å². The highest BCUT2D eigenvalue weighted by atomic mass is 16.5. The van der Waals surface area contributed by atoms with Gasteiger partial charge in [-0.1, -0.05) is 45.0 Å². The molecule has 1 aromatic rings. The highest BCUT2D eigenvalue weighted by Crippen LogP contribution is 2.25. The molecule has 3 heteroatoms. The van der Waals surface area contributed by atoms with Crippen molar-refractivity contribution in [2.75, 3.05) is 13.2 Å². The molecular weight excluding hydrogens is 214 g/mol. The predicted molar refractivity (Wildman–Crippen MR) is 66.8 cm³/mol. The average molecular weight is 233 g/mol. The standard InChI is InChI=1S/C14H19NO2/c1-14(2,3)11-6-4-10(5-7-11)12-8-15-13(16)9-17-12/h4-7,12H,8-9H2,1-3H3,(H,15,16)/t12-/m0/s1. The van der Waals surface area contributed by atoms with Crippen LogP contribution in [-0.2, 0) is 14.9 Å². The summed E-state index contributed by atoms with van der Waals surface area (Å²) >= 11 is 0. The number of carbonyl (C=O) groups excluding carboxylic acids is 1. The van der Waals surface area contributed by atoms with Crippen molar-refractivity contribution >= 4 is 5.91 Å². The lowest BCUT2D eigenvalue weighted by Crippen LogP contribution is -2.38. The molecule has 1 N–H and O–H groups in total. The van der Waals surface area contributed by atoms with Crippen molar-refractivity contribution in [2.45, 2.75) is 32.3 Å². The molecule has 1 amide bonds. The summed E-state index contributed by atoms with van der Waals surface area (Å²) in [6.07, 6.45) is -0.0123. The second-order valence-electron chi connectivity index (χ2n) is 5.48. The Morgan fingerprint density at radius 1 is 1.24 bits per heavy atom. The maximum absolute atomic E-state index is 11.0. The van der Waals surface area contributed by atoms with E-state index in [4.69, 9.17) is 4.74 Å². The predicted octanol–water partition coefficient (Wildman–Crippen LogP) is 2.17. The summed E-state index contributed by atoms with van der Waals surface area (Å²) in [6.45, 7) is 7.30. The zero-order valence-electron chi connectivity index (χ0n) is 10.6. The number of hydrogen-bond donors (Lipinski definition) is 1. The molecule has 1 saturated heterocycles. The molecule has 3 nitrogen and oxygen atoms in total. The Hall–Kier alpha value is -1.35. The summed E-state index contributed by atoms with van der Waals surface area (Å²) in [5.74, 6) is -0.0347. The number of carbonyl (C=O) groups is 1. The molecule has 0 saturated carbocycles. The molecule has 0 unspecified atom stereocenters. The van der Waals surface area contributed by atoms with Crippen LogP contribution in [0.25, 0.3) is 0 Å². The normalized spacial score (nSPS) is 21.1. The van der Waals surface area contributed by atoms with Gasteiger partial charge >= 0.3 is 0 Å². The molecule has 0 aromatic heterocycles. The molecule has 1 aliphatic heterocycles. The van der Waals surface area contributed by atoms with Crippen LogP contribution in [0.3, 0.4) is 0 Å². The lowest BCUT2D eigenvalue weighted by molar-refractivity contribution is -0.133. The molecule has 1 aliphatic rings. The van der Waals surface area contributed by atoms with E-state index < -0.39 is 0 Å². The van der Waals surface area contributed by atoms with Crippen molar-refractivity contribution in [1.82, 2.24) is 5.32 Å². The van der Waals surface area contributed by atoms with Gasteiger partial charge in [0.15, 0.2) is 0 Å². The summed E-state index contributed by atoms with van der Waals surface area (Å²) in [5, 5.41) is 2.81. The molecule has 92 valence electrons. The van der Waals surface area contributed by atoms with Gasteiger partial charge in [-0.15, -0.1) is 0 Å². The monoisotopic (exact) mass is 233 g/mol. The van der Waals surface area contributed by atoms with Gasteiger partial charge in [-0.25, -0.2) is 0 Å². The summed E-state index contributed by atoms with van der Waals surface area (Å²) in [4.78, 5) is 11.0. The van der Waals surface area contributed by atoms with E-state index in [-0.39, 0.29) is 24.0 Å². The first kappa shape index (κ1) is 12.1. The van der Waals surface area contributed by atoms with Crippen LogP contribution in [-0.4, -0.2) is 19.1 Å². The maximum Gasteiger partial charge on any atom is 0.246 e. The van der Waals surface area contributed by atoms with E-state index >= 15 is 0 Å². The first-order valence-electron chi connectivity index (χ1n) is 5.95. The fourth-order valence-electron chi connectivity index (χ4n) is 1.90. The van der Waals surface area contributed by atoms with Crippen LogP contribution in [0.5, 0.6) is 0 Å². The Labute approximate surface area is 102 Å². The van der Waals surface area contributed by atoms with Crippen molar-refractivity contribution in [2.24, 2.45) is 0 Å². The number of rotatable bonds is 1. The van der Waals surface area contributed by atoms with Gasteiger partial charge < -0.3 is 10.1 Å². The van der Waals surface area contributed by atoms with E-state index in [1.165, 1.54) is 5.56 Å². The third-order valence-electron chi connectivity index (χ3n) is 3.05. The van der Waals surface area contributed by atoms with Crippen LogP contribution in [0.15, 0.2) is 24.3 Å². The number of amides is 1. The number of benzene rings is 1. The molecule has 2 rings (SSSR count). The zero-order valence-corrected chi connectivity index (χ0v) is 10.6. The molecule has 1 fully saturated rings. The van der Waals surface area contributed by atoms with Crippen LogP contribution >= 0.6 is 0 Å². The Morgan fingerprint density at radius 2 is 1.88 bits per heavy atom. The van der Waals surface area contributed by atoms with Crippen LogP contribution in [0, 0.1) is 0 Å². The Kier molecular flexibility index (Phi) is 3.20. The van der Waals surface area contributed by atoms with Crippen molar-refractivity contribution < 1.29 is 9.53 Å². The van der Waals surface area contributed by atoms with E-state index in [9.17, 15) is 4.79 Å². The highest BCUT2D eigenvalue weighted by molar-refractivity contribution is 5.77. The van der Waals surface area contributed by atoms with E-state index in [2.05, 4.69) is 50.4 Å². The molecule has 0 spiro atoms. The quantitative estimate of drug-likeness (QED) is 0.807. The van der Waals surface area contributed by atoms with Crippen molar-refractivity contribution in [3.63, 3.8) is 0 Å². The minimum atomic E-state index is -0.0347. The summed E-state index contributed by atoms with van der Waals surface area (Å²) in [7, 11) is 0. The fraction of sp³-hybridized carbons (Fsp3) is 0.500. The minimum Gasteiger partial charge on any atom is -0.362 e. The number of nitrogens with one attached hydrogen (secondary N) is 1. The SMILES string of the molecule is CC(C)(C)c1ccc([C@@H]2CNC(=O)CO2)cc1. The third kappa shape index (κ3) is 2.86. The van der Waals surface area contributed by atoms with Gasteiger partial charge in [0, 0.05) is 6.54 Å². The second kappa shape index (κ2) is 4.49. The number of morpholine rings is 1. The summed E-state index contributed by atoms with van der Waals surface area (Å²) in [5.41, 5.74) is 2.60. The van der Waals surface area contributed by atoms with Gasteiger partial charge in [0.2, 0.25) is 5.91 Å². The molecule has 0 bridgehead atoms. The van der Waals surface area contributed by atoms with E-state index in [0.717, 1.165) is 5.56 Å². The smallest absolute Gasteiger partial charge is 0.246 e. The van der Waals surface area contributed by atoms with Crippen molar-refractivity contribution in [1.29, 1.82) is 0 Å². The van der Waals surface area contributed by atoms with Crippen LogP contribution < -0.4 is 5.32 Å². The second-order valence-corrected chi connectivity index (χ2v) is 5.48. The van der Waals surface area contributed by atoms with Gasteiger partial charge in [0.05, 0.1) is 0 Å². The van der Waals surface area contributed by atoms with Gasteiger partial charge in [0.1, 0.15) is 12.7 Å². The third-order valence-corrected chi connectivity index (χ3v) is 3.05. The van der Waals surface area contributed by atoms with Gasteiger partial charge in [0.25, 0.3) is 0 Å². The Morgan fingerprint density at radius 3 is 2.35 bits per heavy atom. The van der Waals surface area contributed by atoms with E-state index in [1.807, 2.05) is 0 Å². The molecule has 1 atom stereocenters. The maximum atomic E-state index is 11.0. The highest BCUT2D eigenvalue weighted by Gasteiger charge is 2.20. The van der Waals surface area contributed by atoms with Crippen LogP contribution in [0.2, 0.25) is 0 Å². The number of hydrogen-bond acceptors (Lipinski definition) is 2. The van der Waals surface area contributed by atoms with Crippen LogP contribution in [0.4, 0.5) is 0 Å². The average Bonchev–Trinajstić information content (AvgIpc) is 2.29. The number of ether oxygens (including phenoxy) is 1. The Bertz CT molecular complexity index is 393. The van der Waals surface area contributed by atoms with Gasteiger partial charge in [-0.2, -0.15) is 0 Å². The van der Waals surface area contributed by atoms with Crippen molar-refractivity contribution in [3.8, 4) is 0 Å². The fourth-order valence-corrected chi connectivity index (χ4v) is 1.90. The molecular formula is C14H19NO2. The molecule has 1 aromatic carbocycles. The molecule has 1 heterocycles. The zero-order chi connectivity index (χ0) is 12.5. The first-order chi connectivity index (χ1) is 7.97. The lowest BCUT2D eigenvalue weighted by Gasteiger charge is -2.25. The largest absolute Gasteiger partial charge is 0.362 e. The Balaban J connectivity index is 2.10. The molecule has 0 aliphatic carbocycles. The van der Waals surface area contributed by atoms with E-state index in [0.29, 0.717) is 6.54 Å². The van der Waals surface area contributed by atoms with Crippen LogP contribution in [0.1, 0.15) is 38.0 Å². The molecule has 17 heavy (non-hydrogen) atoms. The van der Waals surface area contributed by atoms with Gasteiger partial charge in [-0.05, 0) is 16.5 Å².